The molecule has 2 aliphatic heterocycles. The highest BCUT2D eigenvalue weighted by molar-refractivity contribution is 6.28. The molecule has 14 heteroatoms. The Morgan fingerprint density at radius 3 is 1.16 bits per heavy atom. The quantitative estimate of drug-likeness (QED) is 0.128. The number of amides is 4. The molecule has 8 nitrogen and oxygen atoms in total. The molecule has 0 saturated heterocycles. The number of anilines is 2. The number of carbonyl (C=O) groups excluding carboxylic acids is 4. The molecule has 0 atom stereocenters. The number of ether oxygens (including phenoxy) is 2. The van der Waals surface area contributed by atoms with Crippen molar-refractivity contribution in [2.45, 2.75) is 31.6 Å². The second-order valence-corrected chi connectivity index (χ2v) is 11.3. The summed E-state index contributed by atoms with van der Waals surface area (Å²) in [6, 6.07) is 18.4. The normalized spacial score (nSPS) is 14.7. The first-order valence-electron chi connectivity index (χ1n) is 15.2. The van der Waals surface area contributed by atoms with E-state index >= 15 is 0 Å². The highest BCUT2D eigenvalue weighted by atomic mass is 19.4. The Kier molecular flexibility index (Phi) is 9.02. The van der Waals surface area contributed by atoms with Crippen molar-refractivity contribution in [1.82, 2.24) is 0 Å². The monoisotopic (exact) mass is 706 g/mol. The summed E-state index contributed by atoms with van der Waals surface area (Å²) in [7, 11) is 0. The van der Waals surface area contributed by atoms with Gasteiger partial charge in [-0.25, -0.2) is 9.80 Å². The van der Waals surface area contributed by atoms with E-state index in [1.54, 1.807) is 24.3 Å². The van der Waals surface area contributed by atoms with Gasteiger partial charge in [0.05, 0.1) is 11.4 Å². The fourth-order valence-electron chi connectivity index (χ4n) is 5.70. The average Bonchev–Trinajstić information content (AvgIpc) is 3.60. The summed E-state index contributed by atoms with van der Waals surface area (Å²) < 4.78 is 95.0. The summed E-state index contributed by atoms with van der Waals surface area (Å²) in [4.78, 5) is 49.2. The number of hydrogen-bond donors (Lipinski definition) is 0. The lowest BCUT2D eigenvalue weighted by molar-refractivity contribution is -0.139. The largest absolute Gasteiger partial charge is 0.457 e. The molecule has 0 radical (unpaired) electrons. The van der Waals surface area contributed by atoms with Gasteiger partial charge in [0.25, 0.3) is 23.6 Å². The van der Waals surface area contributed by atoms with Crippen molar-refractivity contribution in [3.05, 3.63) is 131 Å². The molecule has 0 unspecified atom stereocenters. The van der Waals surface area contributed by atoms with E-state index in [-0.39, 0.29) is 28.8 Å². The zero-order chi connectivity index (χ0) is 36.7. The topological polar surface area (TPSA) is 93.2 Å². The van der Waals surface area contributed by atoms with Crippen LogP contribution in [0.15, 0.2) is 109 Å². The molecule has 0 bridgehead atoms. The van der Waals surface area contributed by atoms with E-state index in [0.29, 0.717) is 28.4 Å². The Bertz CT molecular complexity index is 1920. The van der Waals surface area contributed by atoms with Gasteiger partial charge in [0, 0.05) is 30.2 Å². The van der Waals surface area contributed by atoms with Gasteiger partial charge >= 0.3 is 12.4 Å². The number of nitrogens with zero attached hydrogens (tertiary/aromatic N) is 2. The first kappa shape index (κ1) is 34.7. The van der Waals surface area contributed by atoms with Crippen LogP contribution in [-0.2, 0) is 31.5 Å². The molecule has 6 rings (SSSR count). The summed E-state index contributed by atoms with van der Waals surface area (Å²) in [5.41, 5.74) is -1.32. The van der Waals surface area contributed by atoms with Crippen molar-refractivity contribution in [1.29, 1.82) is 0 Å². The molecule has 4 aromatic rings. The highest BCUT2D eigenvalue weighted by Gasteiger charge is 2.38. The van der Waals surface area contributed by atoms with E-state index in [9.17, 15) is 45.5 Å². The first-order chi connectivity index (χ1) is 24.1. The average molecular weight is 707 g/mol. The van der Waals surface area contributed by atoms with Crippen molar-refractivity contribution in [3.8, 4) is 23.0 Å². The van der Waals surface area contributed by atoms with Crippen LogP contribution in [0, 0.1) is 0 Å². The third-order valence-corrected chi connectivity index (χ3v) is 8.10. The van der Waals surface area contributed by atoms with Gasteiger partial charge in [-0.05, 0) is 78.2 Å². The molecular weight excluding hydrogens is 682 g/mol. The van der Waals surface area contributed by atoms with Crippen LogP contribution in [0.25, 0.3) is 0 Å². The lowest BCUT2D eigenvalue weighted by Gasteiger charge is -2.20. The Morgan fingerprint density at radius 2 is 0.863 bits per heavy atom. The number of benzene rings is 4. The van der Waals surface area contributed by atoms with Gasteiger partial charge < -0.3 is 9.47 Å². The van der Waals surface area contributed by atoms with Crippen molar-refractivity contribution in [3.63, 3.8) is 0 Å². The van der Waals surface area contributed by atoms with Crippen LogP contribution >= 0.6 is 0 Å². The summed E-state index contributed by atoms with van der Waals surface area (Å²) >= 11 is 0. The molecule has 0 aromatic heterocycles. The van der Waals surface area contributed by atoms with Gasteiger partial charge in [-0.2, -0.15) is 26.3 Å². The molecule has 0 fully saturated rings. The van der Waals surface area contributed by atoms with Crippen molar-refractivity contribution in [2.24, 2.45) is 0 Å². The molecule has 260 valence electrons. The molecule has 51 heavy (non-hydrogen) atoms. The minimum absolute atomic E-state index is 0.0896. The minimum atomic E-state index is -4.86. The summed E-state index contributed by atoms with van der Waals surface area (Å²) in [6.45, 7) is 1.91. The fourth-order valence-corrected chi connectivity index (χ4v) is 5.70. The maximum absolute atomic E-state index is 14.0. The van der Waals surface area contributed by atoms with Crippen LogP contribution < -0.4 is 19.3 Å². The van der Waals surface area contributed by atoms with Gasteiger partial charge in [-0.1, -0.05) is 31.2 Å². The van der Waals surface area contributed by atoms with Crippen LogP contribution in [0.1, 0.15) is 41.5 Å². The van der Waals surface area contributed by atoms with E-state index in [0.717, 1.165) is 47.6 Å². The van der Waals surface area contributed by atoms with Crippen LogP contribution in [0.2, 0.25) is 0 Å². The Labute approximate surface area is 285 Å². The van der Waals surface area contributed by atoms with Crippen LogP contribution in [0.5, 0.6) is 23.0 Å². The summed E-state index contributed by atoms with van der Waals surface area (Å²) in [6.07, 6.45) is -5.29. The first-order valence-corrected chi connectivity index (χ1v) is 15.2. The third kappa shape index (κ3) is 7.11. The maximum Gasteiger partial charge on any atom is 0.420 e. The minimum Gasteiger partial charge on any atom is -0.457 e. The second-order valence-electron chi connectivity index (χ2n) is 11.3. The standard InChI is InChI=1S/C37H24F6N2O6/c1-2-27(21-3-9-25(10-4-21)50-30-13-7-23(19-28(30)36(38,39)40)44-32(46)15-16-33(44)47)22-5-11-26(12-6-22)51-31-14-8-24(20-29(31)37(41,42)43)45-34(48)17-18-35(45)49/h3-20,27H,2H2,1H3. The van der Waals surface area contributed by atoms with E-state index in [4.69, 9.17) is 9.47 Å². The number of imide groups is 2. The Hall–Kier alpha value is -6.18. The zero-order valence-electron chi connectivity index (χ0n) is 26.3. The van der Waals surface area contributed by atoms with E-state index in [2.05, 4.69) is 0 Å². The molecule has 2 aliphatic rings. The number of rotatable bonds is 9. The Balaban J connectivity index is 1.18. The molecule has 0 N–H and O–H groups in total. The van der Waals surface area contributed by atoms with Crippen molar-refractivity contribution in [2.75, 3.05) is 9.80 Å². The highest BCUT2D eigenvalue weighted by Crippen LogP contribution is 2.43. The van der Waals surface area contributed by atoms with Crippen LogP contribution in [0.3, 0.4) is 0 Å². The molecule has 0 aliphatic carbocycles. The van der Waals surface area contributed by atoms with Gasteiger partial charge in [0.15, 0.2) is 0 Å². The van der Waals surface area contributed by atoms with E-state index in [1.165, 1.54) is 36.4 Å². The molecule has 0 saturated carbocycles. The van der Waals surface area contributed by atoms with E-state index < -0.39 is 58.6 Å². The van der Waals surface area contributed by atoms with Crippen molar-refractivity contribution >= 4 is 35.0 Å². The van der Waals surface area contributed by atoms with Gasteiger partial charge in [0.2, 0.25) is 0 Å². The SMILES string of the molecule is CCC(c1ccc(Oc2ccc(N3C(=O)C=CC3=O)cc2C(F)(F)F)cc1)c1ccc(Oc2ccc(N3C(=O)C=CC3=O)cc2C(F)(F)F)cc1. The third-order valence-electron chi connectivity index (χ3n) is 8.10. The lowest BCUT2D eigenvalue weighted by Crippen LogP contribution is -2.29. The van der Waals surface area contributed by atoms with Crippen LogP contribution in [-0.4, -0.2) is 23.6 Å². The second kappa shape index (κ2) is 13.3. The number of halogens is 6. The summed E-state index contributed by atoms with van der Waals surface area (Å²) in [5.74, 6) is -4.16. The predicted octanol–water partition coefficient (Wildman–Crippen LogP) is 8.71. The number of carbonyl (C=O) groups is 4. The predicted molar refractivity (Wildman–Crippen MR) is 171 cm³/mol. The summed E-state index contributed by atoms with van der Waals surface area (Å²) in [5, 5.41) is 0. The fraction of sp³-hybridized carbons (Fsp3) is 0.135. The Morgan fingerprint density at radius 1 is 0.529 bits per heavy atom. The van der Waals surface area contributed by atoms with Gasteiger partial charge in [-0.3, -0.25) is 19.2 Å². The van der Waals surface area contributed by atoms with Gasteiger partial charge in [0.1, 0.15) is 34.1 Å². The van der Waals surface area contributed by atoms with Gasteiger partial charge in [-0.15, -0.1) is 0 Å². The zero-order valence-corrected chi connectivity index (χ0v) is 26.3. The molecule has 2 heterocycles. The number of alkyl halides is 6. The smallest absolute Gasteiger partial charge is 0.420 e. The molecular formula is C37H24F6N2O6. The maximum atomic E-state index is 14.0. The molecule has 4 aromatic carbocycles. The van der Waals surface area contributed by atoms with E-state index in [1.807, 2.05) is 6.92 Å². The van der Waals surface area contributed by atoms with Crippen LogP contribution in [0.4, 0.5) is 37.7 Å². The molecule has 4 amide bonds. The lowest BCUT2D eigenvalue weighted by atomic mass is 9.89. The molecule has 0 spiro atoms. The number of hydrogen-bond acceptors (Lipinski definition) is 6. The van der Waals surface area contributed by atoms with Crippen molar-refractivity contribution < 1.29 is 55.0 Å².